The number of carbonyl (C=O) groups excluding carboxylic acids is 1. The number of anilines is 1. The molecule has 0 radical (unpaired) electrons. The first kappa shape index (κ1) is 16.6. The molecule has 0 heterocycles. The van der Waals surface area contributed by atoms with Crippen LogP contribution < -0.4 is 5.32 Å². The summed E-state index contributed by atoms with van der Waals surface area (Å²) in [5.41, 5.74) is 0.805. The van der Waals surface area contributed by atoms with Gasteiger partial charge in [0.05, 0.1) is 11.4 Å². The summed E-state index contributed by atoms with van der Waals surface area (Å²) >= 11 is 3.00. The zero-order chi connectivity index (χ0) is 15.8. The zero-order valence-electron chi connectivity index (χ0n) is 11.9. The van der Waals surface area contributed by atoms with Crippen LogP contribution >= 0.6 is 23.5 Å². The molecule has 0 aliphatic heterocycles. The number of hydrogen-bond acceptors (Lipinski definition) is 3. The maximum atomic E-state index is 12.8. The molecule has 2 rings (SSSR count). The molecule has 1 N–H and O–H groups in total. The van der Waals surface area contributed by atoms with E-state index in [1.165, 1.54) is 23.9 Å². The lowest BCUT2D eigenvalue weighted by Gasteiger charge is -2.10. The highest BCUT2D eigenvalue weighted by molar-refractivity contribution is 8.00. The van der Waals surface area contributed by atoms with Crippen molar-refractivity contribution in [1.29, 1.82) is 0 Å². The lowest BCUT2D eigenvalue weighted by atomic mass is 10.3. The second-order valence-corrected chi connectivity index (χ2v) is 6.50. The van der Waals surface area contributed by atoms with Crippen molar-refractivity contribution in [3.63, 3.8) is 0 Å². The maximum Gasteiger partial charge on any atom is 0.234 e. The first-order valence-corrected chi connectivity index (χ1v) is 8.67. The standard InChI is InChI=1S/C17H16FNOS2/c1-2-11-21-16-6-4-3-5-15(16)19-17(20)12-22-14-9-7-13(18)8-10-14/h2-10H,1,11-12H2,(H,19,20). The number of para-hydroxylation sites is 1. The van der Waals surface area contributed by atoms with E-state index in [1.807, 2.05) is 30.3 Å². The quantitative estimate of drug-likeness (QED) is 0.581. The van der Waals surface area contributed by atoms with Gasteiger partial charge in [-0.05, 0) is 36.4 Å². The van der Waals surface area contributed by atoms with Gasteiger partial charge in [-0.1, -0.05) is 18.2 Å². The molecule has 0 saturated heterocycles. The summed E-state index contributed by atoms with van der Waals surface area (Å²) in [6.45, 7) is 3.70. The molecule has 0 saturated carbocycles. The van der Waals surface area contributed by atoms with Gasteiger partial charge in [-0.25, -0.2) is 4.39 Å². The second kappa shape index (κ2) is 8.66. The molecule has 1 amide bonds. The highest BCUT2D eigenvalue weighted by Crippen LogP contribution is 2.27. The number of benzene rings is 2. The van der Waals surface area contributed by atoms with Gasteiger partial charge < -0.3 is 5.32 Å². The summed E-state index contributed by atoms with van der Waals surface area (Å²) in [5.74, 6) is 0.714. The van der Waals surface area contributed by atoms with Crippen LogP contribution in [0.25, 0.3) is 0 Å². The Bertz CT molecular complexity index is 643. The molecular weight excluding hydrogens is 317 g/mol. The molecule has 2 aromatic carbocycles. The summed E-state index contributed by atoms with van der Waals surface area (Å²) in [4.78, 5) is 13.9. The van der Waals surface area contributed by atoms with E-state index in [2.05, 4.69) is 11.9 Å². The van der Waals surface area contributed by atoms with Crippen molar-refractivity contribution in [3.8, 4) is 0 Å². The van der Waals surface area contributed by atoms with Gasteiger partial charge in [0.15, 0.2) is 0 Å². The lowest BCUT2D eigenvalue weighted by Crippen LogP contribution is -2.14. The van der Waals surface area contributed by atoms with E-state index >= 15 is 0 Å². The van der Waals surface area contributed by atoms with Crippen LogP contribution in [0.3, 0.4) is 0 Å². The van der Waals surface area contributed by atoms with Crippen LogP contribution in [-0.4, -0.2) is 17.4 Å². The molecule has 0 bridgehead atoms. The number of thioether (sulfide) groups is 2. The lowest BCUT2D eigenvalue weighted by molar-refractivity contribution is -0.113. The molecule has 0 fully saturated rings. The first-order chi connectivity index (χ1) is 10.7. The molecule has 5 heteroatoms. The van der Waals surface area contributed by atoms with Gasteiger partial charge in [-0.15, -0.1) is 30.1 Å². The van der Waals surface area contributed by atoms with Crippen LogP contribution in [-0.2, 0) is 4.79 Å². The Morgan fingerprint density at radius 2 is 1.86 bits per heavy atom. The second-order valence-electron chi connectivity index (χ2n) is 4.39. The third kappa shape index (κ3) is 5.24. The summed E-state index contributed by atoms with van der Waals surface area (Å²) in [7, 11) is 0. The number of nitrogens with one attached hydrogen (secondary N) is 1. The van der Waals surface area contributed by atoms with Gasteiger partial charge in [0.25, 0.3) is 0 Å². The molecule has 22 heavy (non-hydrogen) atoms. The molecule has 0 aliphatic carbocycles. The van der Waals surface area contributed by atoms with Crippen LogP contribution in [0.5, 0.6) is 0 Å². The van der Waals surface area contributed by atoms with Crippen LogP contribution in [0.15, 0.2) is 71.0 Å². The Labute approximate surface area is 138 Å². The topological polar surface area (TPSA) is 29.1 Å². The predicted octanol–water partition coefficient (Wildman–Crippen LogP) is 4.83. The average molecular weight is 333 g/mol. The maximum absolute atomic E-state index is 12.8. The average Bonchev–Trinajstić information content (AvgIpc) is 2.53. The molecule has 114 valence electrons. The Balaban J connectivity index is 1.91. The largest absolute Gasteiger partial charge is 0.324 e. The SMILES string of the molecule is C=CCSc1ccccc1NC(=O)CSc1ccc(F)cc1. The monoisotopic (exact) mass is 333 g/mol. The van der Waals surface area contributed by atoms with Crippen molar-refractivity contribution in [2.75, 3.05) is 16.8 Å². The van der Waals surface area contributed by atoms with Crippen molar-refractivity contribution in [1.82, 2.24) is 0 Å². The molecule has 2 aromatic rings. The molecule has 0 aliphatic rings. The van der Waals surface area contributed by atoms with Gasteiger partial charge >= 0.3 is 0 Å². The van der Waals surface area contributed by atoms with Crippen molar-refractivity contribution in [2.24, 2.45) is 0 Å². The minimum Gasteiger partial charge on any atom is -0.324 e. The fourth-order valence-corrected chi connectivity index (χ4v) is 3.16. The van der Waals surface area contributed by atoms with E-state index in [9.17, 15) is 9.18 Å². The summed E-state index contributed by atoms with van der Waals surface area (Å²) in [5, 5.41) is 2.91. The number of amides is 1. The van der Waals surface area contributed by atoms with Crippen LogP contribution in [0.1, 0.15) is 0 Å². The number of halogens is 1. The van der Waals surface area contributed by atoms with Gasteiger partial charge in [-0.2, -0.15) is 0 Å². The van der Waals surface area contributed by atoms with Crippen LogP contribution in [0.4, 0.5) is 10.1 Å². The normalized spacial score (nSPS) is 10.2. The van der Waals surface area contributed by atoms with Crippen molar-refractivity contribution in [2.45, 2.75) is 9.79 Å². The van der Waals surface area contributed by atoms with Crippen molar-refractivity contribution in [3.05, 3.63) is 67.0 Å². The molecule has 0 unspecified atom stereocenters. The summed E-state index contributed by atoms with van der Waals surface area (Å²) < 4.78 is 12.8. The van der Waals surface area contributed by atoms with Crippen molar-refractivity contribution >= 4 is 35.1 Å². The van der Waals surface area contributed by atoms with Gasteiger partial charge in [0.1, 0.15) is 5.82 Å². The van der Waals surface area contributed by atoms with Crippen LogP contribution in [0.2, 0.25) is 0 Å². The number of rotatable bonds is 7. The molecule has 0 aromatic heterocycles. The predicted molar refractivity (Wildman–Crippen MR) is 93.1 cm³/mol. The summed E-state index contributed by atoms with van der Waals surface area (Å²) in [6.07, 6.45) is 1.83. The number of hydrogen-bond donors (Lipinski definition) is 1. The van der Waals surface area contributed by atoms with E-state index in [0.717, 1.165) is 21.2 Å². The van der Waals surface area contributed by atoms with Crippen LogP contribution in [0, 0.1) is 5.82 Å². The zero-order valence-corrected chi connectivity index (χ0v) is 13.6. The van der Waals surface area contributed by atoms with Crippen molar-refractivity contribution < 1.29 is 9.18 Å². The van der Waals surface area contributed by atoms with Gasteiger partial charge in [0.2, 0.25) is 5.91 Å². The minimum absolute atomic E-state index is 0.0824. The molecule has 0 atom stereocenters. The van der Waals surface area contributed by atoms with E-state index in [1.54, 1.807) is 23.9 Å². The fraction of sp³-hybridized carbons (Fsp3) is 0.118. The Hall–Kier alpha value is -1.72. The molecular formula is C17H16FNOS2. The minimum atomic E-state index is -0.276. The third-order valence-electron chi connectivity index (χ3n) is 2.70. The smallest absolute Gasteiger partial charge is 0.234 e. The first-order valence-electron chi connectivity index (χ1n) is 6.70. The number of carbonyl (C=O) groups is 1. The molecule has 2 nitrogen and oxygen atoms in total. The Morgan fingerprint density at radius 1 is 1.14 bits per heavy atom. The van der Waals surface area contributed by atoms with Gasteiger partial charge in [0, 0.05) is 15.5 Å². The van der Waals surface area contributed by atoms with E-state index in [4.69, 9.17) is 0 Å². The Kier molecular flexibility index (Phi) is 6.55. The third-order valence-corrected chi connectivity index (χ3v) is 4.78. The van der Waals surface area contributed by atoms with E-state index in [0.29, 0.717) is 0 Å². The van der Waals surface area contributed by atoms with Gasteiger partial charge in [-0.3, -0.25) is 4.79 Å². The summed E-state index contributed by atoms with van der Waals surface area (Å²) in [6, 6.07) is 13.8. The van der Waals surface area contributed by atoms with E-state index in [-0.39, 0.29) is 17.5 Å². The highest BCUT2D eigenvalue weighted by Gasteiger charge is 2.07. The highest BCUT2D eigenvalue weighted by atomic mass is 32.2. The Morgan fingerprint density at radius 3 is 2.59 bits per heavy atom. The molecule has 0 spiro atoms. The fourth-order valence-electron chi connectivity index (χ4n) is 1.71. The van der Waals surface area contributed by atoms with E-state index < -0.39 is 0 Å².